The normalized spacial score (nSPS) is 45.7. The minimum absolute atomic E-state index is 0.00822. The second kappa shape index (κ2) is 5.99. The molecule has 2 bridgehead atoms. The second-order valence-corrected chi connectivity index (χ2v) is 9.13. The van der Waals surface area contributed by atoms with Gasteiger partial charge in [-0.1, -0.05) is 0 Å². The van der Waals surface area contributed by atoms with Crippen LogP contribution < -0.4 is 0 Å². The Morgan fingerprint density at radius 1 is 1.23 bits per heavy atom. The van der Waals surface area contributed by atoms with Gasteiger partial charge in [0.25, 0.3) is 0 Å². The highest BCUT2D eigenvalue weighted by Crippen LogP contribution is 2.55. The van der Waals surface area contributed by atoms with E-state index in [0.29, 0.717) is 18.7 Å². The fourth-order valence-corrected chi connectivity index (χ4v) is 7.09. The van der Waals surface area contributed by atoms with Crippen molar-refractivity contribution in [3.05, 3.63) is 22.5 Å². The van der Waals surface area contributed by atoms with E-state index in [4.69, 9.17) is 9.47 Å². The lowest BCUT2D eigenvalue weighted by Gasteiger charge is -2.61. The van der Waals surface area contributed by atoms with Crippen molar-refractivity contribution in [1.29, 1.82) is 5.26 Å². The van der Waals surface area contributed by atoms with E-state index in [1.165, 1.54) is 14.0 Å². The van der Waals surface area contributed by atoms with Gasteiger partial charge in [0, 0.05) is 48.8 Å². The molecule has 158 valence electrons. The van der Waals surface area contributed by atoms with E-state index in [9.17, 15) is 20.0 Å². The molecule has 0 amide bonds. The average molecular weight is 412 g/mol. The maximum absolute atomic E-state index is 13.2. The number of methoxy groups -OCH3 is 1. The van der Waals surface area contributed by atoms with Crippen molar-refractivity contribution < 1.29 is 24.2 Å². The number of ether oxygens (including phenoxy) is 2. The third kappa shape index (κ3) is 1.90. The van der Waals surface area contributed by atoms with Crippen LogP contribution >= 0.6 is 0 Å². The van der Waals surface area contributed by atoms with E-state index in [-0.39, 0.29) is 53.2 Å². The molecule has 0 spiro atoms. The Kier molecular flexibility index (Phi) is 3.73. The molecule has 6 aliphatic rings. The average Bonchev–Trinajstić information content (AvgIpc) is 3.32. The van der Waals surface area contributed by atoms with Crippen LogP contribution in [-0.2, 0) is 19.1 Å². The van der Waals surface area contributed by atoms with Gasteiger partial charge in [0.2, 0.25) is 11.6 Å². The molecule has 0 aromatic carbocycles. The monoisotopic (exact) mass is 412 g/mol. The highest BCUT2D eigenvalue weighted by Gasteiger charge is 2.69. The summed E-state index contributed by atoms with van der Waals surface area (Å²) < 4.78 is 11.9. The number of nitrogens with zero attached hydrogens (tertiary/aromatic N) is 4. The summed E-state index contributed by atoms with van der Waals surface area (Å²) in [7, 11) is 3.55. The highest BCUT2D eigenvalue weighted by molar-refractivity contribution is 6.50. The van der Waals surface area contributed by atoms with Crippen molar-refractivity contribution in [1.82, 2.24) is 14.7 Å². The minimum atomic E-state index is -0.838. The van der Waals surface area contributed by atoms with Gasteiger partial charge in [0.15, 0.2) is 0 Å². The summed E-state index contributed by atoms with van der Waals surface area (Å²) in [5.41, 5.74) is 0.737. The summed E-state index contributed by atoms with van der Waals surface area (Å²) in [6.07, 6.45) is -0.137. The molecule has 5 heterocycles. The highest BCUT2D eigenvalue weighted by atomic mass is 16.5. The zero-order valence-corrected chi connectivity index (χ0v) is 17.1. The minimum Gasteiger partial charge on any atom is -0.507 e. The number of carbonyl (C=O) groups is 2. The van der Waals surface area contributed by atoms with Gasteiger partial charge in [0.05, 0.1) is 24.3 Å². The number of likely N-dealkylation sites (N-methyl/N-ethyl adjacent to an activating group) is 1. The first-order chi connectivity index (χ1) is 14.4. The van der Waals surface area contributed by atoms with Gasteiger partial charge in [-0.2, -0.15) is 5.26 Å². The molecule has 0 aromatic heterocycles. The number of aliphatic hydroxyl groups excluding tert-OH is 1. The Balaban J connectivity index is 1.66. The fraction of sp³-hybridized carbons (Fsp3) is 0.667. The van der Waals surface area contributed by atoms with Crippen molar-refractivity contribution in [3.63, 3.8) is 0 Å². The van der Waals surface area contributed by atoms with Gasteiger partial charge in [-0.15, -0.1) is 0 Å². The first-order valence-corrected chi connectivity index (χ1v) is 10.4. The zero-order valence-electron chi connectivity index (χ0n) is 17.1. The number of fused-ring (bicyclic) bond motifs is 5. The summed E-state index contributed by atoms with van der Waals surface area (Å²) in [5, 5.41) is 21.2. The number of carbonyl (C=O) groups excluding carboxylic acids is 2. The fourth-order valence-electron chi connectivity index (χ4n) is 7.09. The van der Waals surface area contributed by atoms with Crippen molar-refractivity contribution in [2.75, 3.05) is 27.3 Å². The standard InChI is InChI=1S/C21H24N4O5/c1-8-17(26)12-13(19(28)18(8)27)21(29-3)25-11(7-22)10-6-9-14(23(10)2)16(25)15(12)24-4-5-30-20(9)24/h9-11,14-16,20-21,26H,4-6H2,1-3H3/t9-,10-,11-,14+,15+,16+,20+,21-/m1/s1. The Hall–Kier alpha value is -2.09. The molecule has 0 radical (unpaired) electrons. The number of hydrogen-bond donors (Lipinski definition) is 1. The number of hydrogen-bond acceptors (Lipinski definition) is 9. The van der Waals surface area contributed by atoms with Gasteiger partial charge in [-0.3, -0.25) is 24.3 Å². The number of allylic oxidation sites excluding steroid dienone is 1. The van der Waals surface area contributed by atoms with Crippen LogP contribution in [0, 0.1) is 17.2 Å². The number of aliphatic hydroxyl groups is 1. The van der Waals surface area contributed by atoms with E-state index < -0.39 is 23.8 Å². The van der Waals surface area contributed by atoms with Gasteiger partial charge >= 0.3 is 0 Å². The van der Waals surface area contributed by atoms with Crippen LogP contribution in [0.5, 0.6) is 0 Å². The molecule has 30 heavy (non-hydrogen) atoms. The Morgan fingerprint density at radius 2 is 2.00 bits per heavy atom. The van der Waals surface area contributed by atoms with Gasteiger partial charge < -0.3 is 14.6 Å². The van der Waals surface area contributed by atoms with Gasteiger partial charge in [-0.05, 0) is 20.4 Å². The van der Waals surface area contributed by atoms with E-state index in [1.807, 2.05) is 4.90 Å². The molecule has 1 N–H and O–H groups in total. The lowest BCUT2D eigenvalue weighted by Crippen LogP contribution is -2.77. The van der Waals surface area contributed by atoms with Crippen molar-refractivity contribution in [2.45, 2.75) is 56.0 Å². The number of piperazine rings is 1. The SMILES string of the molecule is CO[C@@H]1C2=C(C(O)=C(C)C(=O)C2=O)[C@H]2[C@@H]3[C@@H]4[C@@H](C[C@H]([C@@H](C#N)N31)N4C)[C@@H]1OCCN12. The third-order valence-electron chi connectivity index (χ3n) is 8.20. The van der Waals surface area contributed by atoms with Crippen LogP contribution in [0.15, 0.2) is 22.5 Å². The molecule has 0 aromatic rings. The predicted octanol–water partition coefficient (Wildman–Crippen LogP) is -0.441. The Labute approximate surface area is 174 Å². The number of piperidine rings is 1. The van der Waals surface area contributed by atoms with Crippen LogP contribution in [0.1, 0.15) is 13.3 Å². The van der Waals surface area contributed by atoms with Crippen molar-refractivity contribution in [2.24, 2.45) is 5.92 Å². The molecule has 5 aliphatic heterocycles. The van der Waals surface area contributed by atoms with Gasteiger partial charge in [0.1, 0.15) is 24.3 Å². The Morgan fingerprint density at radius 3 is 2.70 bits per heavy atom. The number of rotatable bonds is 1. The second-order valence-electron chi connectivity index (χ2n) is 9.13. The maximum Gasteiger partial charge on any atom is 0.233 e. The number of ketones is 2. The first-order valence-electron chi connectivity index (χ1n) is 10.4. The summed E-state index contributed by atoms with van der Waals surface area (Å²) in [6, 6.07) is 1.57. The van der Waals surface area contributed by atoms with E-state index in [1.54, 1.807) is 0 Å². The quantitative estimate of drug-likeness (QED) is 0.453. The van der Waals surface area contributed by atoms with Crippen LogP contribution in [0.3, 0.4) is 0 Å². The lowest BCUT2D eigenvalue weighted by atomic mass is 9.71. The molecule has 0 unspecified atom stereocenters. The van der Waals surface area contributed by atoms with E-state index >= 15 is 0 Å². The first kappa shape index (κ1) is 18.7. The van der Waals surface area contributed by atoms with E-state index in [2.05, 4.69) is 22.9 Å². The Bertz CT molecular complexity index is 982. The van der Waals surface area contributed by atoms with Crippen molar-refractivity contribution in [3.8, 4) is 6.07 Å². The van der Waals surface area contributed by atoms with Crippen LogP contribution in [0.4, 0.5) is 0 Å². The molecule has 1 aliphatic carbocycles. The molecule has 9 nitrogen and oxygen atoms in total. The molecule has 6 rings (SSSR count). The van der Waals surface area contributed by atoms with Crippen LogP contribution in [-0.4, -0.2) is 101 Å². The molecular formula is C21H24N4O5. The third-order valence-corrected chi connectivity index (χ3v) is 8.20. The molecule has 9 heteroatoms. The van der Waals surface area contributed by atoms with Crippen molar-refractivity contribution >= 4 is 11.6 Å². The molecule has 8 atom stereocenters. The topological polar surface area (TPSA) is 106 Å². The van der Waals surface area contributed by atoms with Crippen LogP contribution in [0.25, 0.3) is 0 Å². The molecule has 4 saturated heterocycles. The lowest BCUT2D eigenvalue weighted by molar-refractivity contribution is -0.170. The summed E-state index contributed by atoms with van der Waals surface area (Å²) in [4.78, 5) is 32.3. The number of nitriles is 1. The largest absolute Gasteiger partial charge is 0.507 e. The zero-order chi connectivity index (χ0) is 21.1. The summed E-state index contributed by atoms with van der Waals surface area (Å²) >= 11 is 0. The molecule has 0 saturated carbocycles. The molecular weight excluding hydrogens is 388 g/mol. The van der Waals surface area contributed by atoms with E-state index in [0.717, 1.165) is 6.42 Å². The predicted molar refractivity (Wildman–Crippen MR) is 102 cm³/mol. The van der Waals surface area contributed by atoms with Gasteiger partial charge in [-0.25, -0.2) is 0 Å². The summed E-state index contributed by atoms with van der Waals surface area (Å²) in [6.45, 7) is 2.75. The smallest absolute Gasteiger partial charge is 0.233 e. The maximum atomic E-state index is 13.2. The molecule has 4 fully saturated rings. The summed E-state index contributed by atoms with van der Waals surface area (Å²) in [5.74, 6) is -1.24. The number of Topliss-reactive ketones (excluding diaryl/α,β-unsaturated/α-hetero) is 2. The van der Waals surface area contributed by atoms with Crippen LogP contribution in [0.2, 0.25) is 0 Å².